The molecule has 0 amide bonds. The van der Waals surface area contributed by atoms with Gasteiger partial charge in [0.05, 0.1) is 11.2 Å². The molecule has 0 heterocycles. The molecule has 0 aliphatic heterocycles. The van der Waals surface area contributed by atoms with Gasteiger partial charge < -0.3 is 10.2 Å². The van der Waals surface area contributed by atoms with Gasteiger partial charge in [0, 0.05) is 6.66 Å². The summed E-state index contributed by atoms with van der Waals surface area (Å²) in [6.07, 6.45) is 0. The molecule has 19 heavy (non-hydrogen) atoms. The minimum Gasteiger partial charge on any atom is -0.387 e. The van der Waals surface area contributed by atoms with Gasteiger partial charge in [0.2, 0.25) is 0 Å². The van der Waals surface area contributed by atoms with Crippen LogP contribution in [0.4, 0.5) is 0 Å². The molecule has 2 N–H and O–H groups in total. The molecule has 0 atom stereocenters. The summed E-state index contributed by atoms with van der Waals surface area (Å²) in [6.45, 7) is 14.2. The second-order valence-electron chi connectivity index (χ2n) is 7.09. The highest BCUT2D eigenvalue weighted by Crippen LogP contribution is 2.54. The molecule has 0 bridgehead atoms. The Morgan fingerprint density at radius 1 is 0.737 bits per heavy atom. The summed E-state index contributed by atoms with van der Waals surface area (Å²) in [5.41, 5.74) is -4.46. The first-order valence-electron chi connectivity index (χ1n) is 6.35. The zero-order valence-corrected chi connectivity index (χ0v) is 14.5. The molecule has 6 heteroatoms. The maximum absolute atomic E-state index is 12.5. The molecule has 0 saturated carbocycles. The fraction of sp³-hybridized carbons (Fsp3) is 1.00. The van der Waals surface area contributed by atoms with Crippen molar-refractivity contribution in [3.63, 3.8) is 0 Å². The van der Waals surface area contributed by atoms with Gasteiger partial charge in [-0.05, 0) is 55.4 Å². The van der Waals surface area contributed by atoms with E-state index in [1.807, 2.05) is 0 Å². The lowest BCUT2D eigenvalue weighted by Gasteiger charge is -2.42. The fourth-order valence-electron chi connectivity index (χ4n) is 1.07. The Morgan fingerprint density at radius 2 is 0.947 bits per heavy atom. The molecule has 0 rings (SSSR count). The Balaban J connectivity index is 5.10. The third kappa shape index (κ3) is 5.16. The molecule has 0 fully saturated rings. The number of aliphatic hydroxyl groups is 2. The predicted molar refractivity (Wildman–Crippen MR) is 76.5 cm³/mol. The van der Waals surface area contributed by atoms with E-state index in [0.717, 1.165) is 0 Å². The van der Waals surface area contributed by atoms with E-state index in [0.29, 0.717) is 0 Å². The van der Waals surface area contributed by atoms with Crippen LogP contribution < -0.4 is 0 Å². The van der Waals surface area contributed by atoms with Gasteiger partial charge in [0.1, 0.15) is 11.2 Å². The zero-order chi connectivity index (χ0) is 15.9. The molecule has 0 aromatic heterocycles. The highest BCUT2D eigenvalue weighted by Gasteiger charge is 2.46. The minimum atomic E-state index is -3.45. The van der Waals surface area contributed by atoms with Crippen molar-refractivity contribution in [3.05, 3.63) is 0 Å². The number of hydrogen-bond donors (Lipinski definition) is 2. The third-order valence-corrected chi connectivity index (χ3v) is 5.31. The molecule has 0 unspecified atom stereocenters. The highest BCUT2D eigenvalue weighted by atomic mass is 31.2. The van der Waals surface area contributed by atoms with Crippen LogP contribution in [0.2, 0.25) is 0 Å². The van der Waals surface area contributed by atoms with Gasteiger partial charge in [0.25, 0.3) is 0 Å². The normalized spacial score (nSPS) is 15.7. The van der Waals surface area contributed by atoms with E-state index in [9.17, 15) is 14.8 Å². The summed E-state index contributed by atoms with van der Waals surface area (Å²) >= 11 is 0. The highest BCUT2D eigenvalue weighted by molar-refractivity contribution is 7.53. The Kier molecular flexibility index (Phi) is 5.14. The zero-order valence-electron chi connectivity index (χ0n) is 13.6. The van der Waals surface area contributed by atoms with Crippen molar-refractivity contribution in [1.82, 2.24) is 0 Å². The van der Waals surface area contributed by atoms with E-state index in [-0.39, 0.29) is 0 Å². The van der Waals surface area contributed by atoms with Gasteiger partial charge in [-0.1, -0.05) is 0 Å². The third-order valence-electron chi connectivity index (χ3n) is 3.73. The van der Waals surface area contributed by atoms with E-state index in [1.165, 1.54) is 6.66 Å². The Hall–Kier alpha value is 0.0700. The van der Waals surface area contributed by atoms with Crippen molar-refractivity contribution in [1.29, 1.82) is 0 Å². The average molecular weight is 296 g/mol. The van der Waals surface area contributed by atoms with Gasteiger partial charge in [-0.25, -0.2) is 0 Å². The standard InChI is InChI=1S/C13H29O5P/c1-10(2,14)12(5,6)17-19(9,16)18-13(7,8)11(3,4)15/h14-15H,1-9H3. The summed E-state index contributed by atoms with van der Waals surface area (Å²) in [7, 11) is -3.45. The van der Waals surface area contributed by atoms with E-state index in [4.69, 9.17) is 9.05 Å². The van der Waals surface area contributed by atoms with Crippen LogP contribution in [-0.2, 0) is 13.6 Å². The molecule has 0 aromatic rings. The summed E-state index contributed by atoms with van der Waals surface area (Å²) in [4.78, 5) is 0. The topological polar surface area (TPSA) is 76.0 Å². The van der Waals surface area contributed by atoms with Gasteiger partial charge in [-0.3, -0.25) is 13.6 Å². The molecule has 0 radical (unpaired) electrons. The second-order valence-corrected chi connectivity index (χ2v) is 9.00. The largest absolute Gasteiger partial charge is 0.387 e. The van der Waals surface area contributed by atoms with Crippen LogP contribution in [0, 0.1) is 0 Å². The van der Waals surface area contributed by atoms with E-state index < -0.39 is 30.0 Å². The maximum Gasteiger partial charge on any atom is 0.328 e. The molecule has 0 spiro atoms. The van der Waals surface area contributed by atoms with E-state index >= 15 is 0 Å². The minimum absolute atomic E-state index is 1.05. The quantitative estimate of drug-likeness (QED) is 0.737. The van der Waals surface area contributed by atoms with Crippen LogP contribution >= 0.6 is 7.60 Å². The predicted octanol–water partition coefficient (Wildman–Crippen LogP) is 2.94. The van der Waals surface area contributed by atoms with Crippen molar-refractivity contribution in [2.75, 3.05) is 6.66 Å². The first-order valence-corrected chi connectivity index (χ1v) is 8.34. The van der Waals surface area contributed by atoms with Crippen LogP contribution in [0.1, 0.15) is 55.4 Å². The van der Waals surface area contributed by atoms with E-state index in [2.05, 4.69) is 0 Å². The van der Waals surface area contributed by atoms with Gasteiger partial charge in [-0.2, -0.15) is 0 Å². The summed E-state index contributed by atoms with van der Waals surface area (Å²) in [5.74, 6) is 0. The molecule has 0 aliphatic carbocycles. The summed E-state index contributed by atoms with van der Waals surface area (Å²) < 4.78 is 23.5. The lowest BCUT2D eigenvalue weighted by atomic mass is 9.90. The van der Waals surface area contributed by atoms with Crippen LogP contribution in [0.15, 0.2) is 0 Å². The van der Waals surface area contributed by atoms with Crippen LogP contribution in [0.5, 0.6) is 0 Å². The van der Waals surface area contributed by atoms with Gasteiger partial charge in [-0.15, -0.1) is 0 Å². The molecule has 5 nitrogen and oxygen atoms in total. The van der Waals surface area contributed by atoms with Crippen molar-refractivity contribution in [2.24, 2.45) is 0 Å². The van der Waals surface area contributed by atoms with Crippen molar-refractivity contribution >= 4 is 7.60 Å². The summed E-state index contributed by atoms with van der Waals surface area (Å²) in [6, 6.07) is 0. The van der Waals surface area contributed by atoms with Gasteiger partial charge in [0.15, 0.2) is 0 Å². The van der Waals surface area contributed by atoms with Crippen molar-refractivity contribution in [3.8, 4) is 0 Å². The molecule has 0 aliphatic rings. The molecule has 0 aromatic carbocycles. The smallest absolute Gasteiger partial charge is 0.328 e. The lowest BCUT2D eigenvalue weighted by Crippen LogP contribution is -2.49. The molecular formula is C13H29O5P. The molecular weight excluding hydrogens is 267 g/mol. The Bertz CT molecular complexity index is 328. The Labute approximate surface area is 116 Å². The Morgan fingerprint density at radius 3 is 1.11 bits per heavy atom. The fourth-order valence-corrected chi connectivity index (χ4v) is 3.21. The number of hydrogen-bond acceptors (Lipinski definition) is 5. The first kappa shape index (κ1) is 19.1. The van der Waals surface area contributed by atoms with Crippen molar-refractivity contribution < 1.29 is 23.8 Å². The molecule has 0 saturated heterocycles. The summed E-state index contributed by atoms with van der Waals surface area (Å²) in [5, 5.41) is 20.0. The van der Waals surface area contributed by atoms with Gasteiger partial charge >= 0.3 is 7.60 Å². The average Bonchev–Trinajstić information content (AvgIpc) is 1.93. The second kappa shape index (κ2) is 5.12. The van der Waals surface area contributed by atoms with Crippen molar-refractivity contribution in [2.45, 2.75) is 77.8 Å². The van der Waals surface area contributed by atoms with Crippen LogP contribution in [0.25, 0.3) is 0 Å². The van der Waals surface area contributed by atoms with Crippen LogP contribution in [-0.4, -0.2) is 39.3 Å². The molecule has 116 valence electrons. The SMILES string of the molecule is CC(C)(O)C(C)(C)OP(C)(=O)OC(C)(C)C(C)(C)O. The number of rotatable bonds is 6. The first-order chi connectivity index (χ1) is 7.91. The maximum atomic E-state index is 12.5. The lowest BCUT2D eigenvalue weighted by molar-refractivity contribution is -0.124. The van der Waals surface area contributed by atoms with E-state index in [1.54, 1.807) is 55.4 Å². The van der Waals surface area contributed by atoms with Crippen LogP contribution in [0.3, 0.4) is 0 Å². The monoisotopic (exact) mass is 296 g/mol.